The van der Waals surface area contributed by atoms with Crippen molar-refractivity contribution in [1.82, 2.24) is 4.57 Å². The van der Waals surface area contributed by atoms with Crippen LogP contribution in [-0.4, -0.2) is 20.2 Å². The molecule has 0 N–H and O–H groups in total. The van der Waals surface area contributed by atoms with Gasteiger partial charge in [0, 0.05) is 41.1 Å². The molecule has 0 aliphatic carbocycles. The van der Waals surface area contributed by atoms with Crippen molar-refractivity contribution in [2.75, 3.05) is 0 Å². The monoisotopic (exact) mass is 515 g/mol. The van der Waals surface area contributed by atoms with Crippen LogP contribution in [0.3, 0.4) is 0 Å². The maximum Gasteiger partial charge on any atom is 0.270 e. The minimum atomic E-state index is -0.537. The van der Waals surface area contributed by atoms with E-state index in [0.717, 1.165) is 28.1 Å². The SMILES string of the molecule is O=C(/C=C/c1cc(-c2ccccc2)n(-c2ccc([N+](=O)[O-])cc2)c1-c1ccccc1)c1cccc([N+](=O)[O-])c1. The number of aromatic nitrogens is 1. The average Bonchev–Trinajstić information content (AvgIpc) is 3.36. The van der Waals surface area contributed by atoms with Crippen molar-refractivity contribution in [2.45, 2.75) is 0 Å². The normalized spacial score (nSPS) is 11.0. The Balaban J connectivity index is 1.69. The molecule has 0 saturated heterocycles. The predicted octanol–water partition coefficient (Wildman–Crippen LogP) is 7.52. The smallest absolute Gasteiger partial charge is 0.270 e. The third-order valence-electron chi connectivity index (χ3n) is 6.22. The summed E-state index contributed by atoms with van der Waals surface area (Å²) >= 11 is 0. The van der Waals surface area contributed by atoms with Crippen LogP contribution in [0.5, 0.6) is 0 Å². The largest absolute Gasteiger partial charge is 0.309 e. The fourth-order valence-electron chi connectivity index (χ4n) is 4.40. The van der Waals surface area contributed by atoms with Crippen LogP contribution in [0.4, 0.5) is 11.4 Å². The molecule has 4 aromatic carbocycles. The van der Waals surface area contributed by atoms with E-state index >= 15 is 0 Å². The Bertz CT molecular complexity index is 1710. The maximum atomic E-state index is 13.0. The average molecular weight is 516 g/mol. The second-order valence-corrected chi connectivity index (χ2v) is 8.68. The number of nitro benzene ring substituents is 2. The topological polar surface area (TPSA) is 108 Å². The molecule has 8 heteroatoms. The molecule has 0 bridgehead atoms. The van der Waals surface area contributed by atoms with Crippen molar-refractivity contribution in [3.05, 3.63) is 153 Å². The van der Waals surface area contributed by atoms with E-state index < -0.39 is 9.85 Å². The third kappa shape index (κ3) is 5.26. The second kappa shape index (κ2) is 10.8. The molecular formula is C31H21N3O5. The first-order valence-corrected chi connectivity index (χ1v) is 12.0. The molecule has 5 aromatic rings. The number of carbonyl (C=O) groups is 1. The lowest BCUT2D eigenvalue weighted by molar-refractivity contribution is -0.385. The number of hydrogen-bond acceptors (Lipinski definition) is 5. The molecule has 5 rings (SSSR count). The summed E-state index contributed by atoms with van der Waals surface area (Å²) in [4.78, 5) is 34.5. The van der Waals surface area contributed by atoms with Gasteiger partial charge in [0.2, 0.25) is 0 Å². The summed E-state index contributed by atoms with van der Waals surface area (Å²) < 4.78 is 2.01. The molecule has 8 nitrogen and oxygen atoms in total. The lowest BCUT2D eigenvalue weighted by Gasteiger charge is -2.15. The Morgan fingerprint density at radius 1 is 0.667 bits per heavy atom. The zero-order valence-corrected chi connectivity index (χ0v) is 20.5. The molecular weight excluding hydrogens is 494 g/mol. The molecule has 0 spiro atoms. The molecule has 0 radical (unpaired) electrons. The van der Waals surface area contributed by atoms with Crippen molar-refractivity contribution < 1.29 is 14.6 Å². The molecule has 0 saturated carbocycles. The van der Waals surface area contributed by atoms with Crippen LogP contribution in [0, 0.1) is 20.2 Å². The van der Waals surface area contributed by atoms with Crippen LogP contribution < -0.4 is 0 Å². The highest BCUT2D eigenvalue weighted by Gasteiger charge is 2.19. The van der Waals surface area contributed by atoms with E-state index in [0.29, 0.717) is 5.69 Å². The number of ketones is 1. The number of rotatable bonds is 8. The first kappa shape index (κ1) is 25.0. The zero-order chi connectivity index (χ0) is 27.4. The number of nitro groups is 2. The van der Waals surface area contributed by atoms with Gasteiger partial charge in [-0.05, 0) is 41.5 Å². The van der Waals surface area contributed by atoms with Crippen LogP contribution in [0.15, 0.2) is 121 Å². The van der Waals surface area contributed by atoms with Gasteiger partial charge < -0.3 is 4.57 Å². The van der Waals surface area contributed by atoms with Gasteiger partial charge in [-0.15, -0.1) is 0 Å². The minimum absolute atomic E-state index is 0.0175. The number of allylic oxidation sites excluding steroid dienone is 1. The van der Waals surface area contributed by atoms with E-state index in [9.17, 15) is 25.0 Å². The van der Waals surface area contributed by atoms with Gasteiger partial charge in [-0.1, -0.05) is 72.8 Å². The van der Waals surface area contributed by atoms with E-state index in [2.05, 4.69) is 0 Å². The quantitative estimate of drug-likeness (QED) is 0.0919. The Morgan fingerprint density at radius 3 is 1.90 bits per heavy atom. The Kier molecular flexibility index (Phi) is 6.92. The van der Waals surface area contributed by atoms with Crippen molar-refractivity contribution in [1.29, 1.82) is 0 Å². The van der Waals surface area contributed by atoms with Crippen molar-refractivity contribution in [3.8, 4) is 28.2 Å². The summed E-state index contributed by atoms with van der Waals surface area (Å²) in [7, 11) is 0. The number of carbonyl (C=O) groups excluding carboxylic acids is 1. The summed E-state index contributed by atoms with van der Waals surface area (Å²) in [5.74, 6) is -0.373. The van der Waals surface area contributed by atoms with E-state index in [1.165, 1.54) is 42.5 Å². The van der Waals surface area contributed by atoms with Gasteiger partial charge in [0.15, 0.2) is 5.78 Å². The standard InChI is InChI=1S/C31H21N3O5/c35-30(24-12-7-13-28(20-24)34(38)39)19-14-25-21-29(22-8-3-1-4-9-22)32(31(25)23-10-5-2-6-11-23)26-15-17-27(18-16-26)33(36)37/h1-21H/b19-14+. The summed E-state index contributed by atoms with van der Waals surface area (Å²) in [5.41, 5.74) is 4.88. The molecule has 0 unspecified atom stereocenters. The van der Waals surface area contributed by atoms with Crippen molar-refractivity contribution in [3.63, 3.8) is 0 Å². The molecule has 1 aromatic heterocycles. The summed E-state index contributed by atoms with van der Waals surface area (Å²) in [5, 5.41) is 22.4. The van der Waals surface area contributed by atoms with Crippen LogP contribution in [0.1, 0.15) is 15.9 Å². The Hall–Kier alpha value is -5.63. The molecule has 1 heterocycles. The Morgan fingerprint density at radius 2 is 1.28 bits per heavy atom. The van der Waals surface area contributed by atoms with Crippen molar-refractivity contribution >= 4 is 23.2 Å². The number of nitrogens with zero attached hydrogens (tertiary/aromatic N) is 3. The highest BCUT2D eigenvalue weighted by molar-refractivity contribution is 6.07. The van der Waals surface area contributed by atoms with E-state index in [1.807, 2.05) is 71.3 Å². The lowest BCUT2D eigenvalue weighted by atomic mass is 10.0. The van der Waals surface area contributed by atoms with Crippen LogP contribution in [0.2, 0.25) is 0 Å². The maximum absolute atomic E-state index is 13.0. The van der Waals surface area contributed by atoms with Gasteiger partial charge in [0.1, 0.15) is 0 Å². The molecule has 0 aliphatic rings. The van der Waals surface area contributed by atoms with Crippen molar-refractivity contribution in [2.24, 2.45) is 0 Å². The van der Waals surface area contributed by atoms with Gasteiger partial charge >= 0.3 is 0 Å². The summed E-state index contributed by atoms with van der Waals surface area (Å²) in [6.07, 6.45) is 3.09. The predicted molar refractivity (Wildman–Crippen MR) is 150 cm³/mol. The summed E-state index contributed by atoms with van der Waals surface area (Å²) in [6, 6.07) is 33.2. The zero-order valence-electron chi connectivity index (χ0n) is 20.5. The van der Waals surface area contributed by atoms with Crippen LogP contribution in [-0.2, 0) is 0 Å². The molecule has 190 valence electrons. The molecule has 39 heavy (non-hydrogen) atoms. The van der Waals surface area contributed by atoms with Crippen LogP contribution >= 0.6 is 0 Å². The summed E-state index contributed by atoms with van der Waals surface area (Å²) in [6.45, 7) is 0. The second-order valence-electron chi connectivity index (χ2n) is 8.68. The van der Waals surface area contributed by atoms with Gasteiger partial charge in [0.05, 0.1) is 21.2 Å². The molecule has 0 atom stereocenters. The molecule has 0 fully saturated rings. The fourth-order valence-corrected chi connectivity index (χ4v) is 4.40. The molecule has 0 amide bonds. The number of hydrogen-bond donors (Lipinski definition) is 0. The van der Waals surface area contributed by atoms with Crippen LogP contribution in [0.25, 0.3) is 34.3 Å². The first-order chi connectivity index (χ1) is 18.9. The van der Waals surface area contributed by atoms with E-state index in [4.69, 9.17) is 0 Å². The third-order valence-corrected chi connectivity index (χ3v) is 6.22. The highest BCUT2D eigenvalue weighted by Crippen LogP contribution is 2.37. The number of non-ortho nitro benzene ring substituents is 2. The number of benzene rings is 4. The lowest BCUT2D eigenvalue weighted by Crippen LogP contribution is -2.00. The van der Waals surface area contributed by atoms with E-state index in [-0.39, 0.29) is 22.7 Å². The van der Waals surface area contributed by atoms with Gasteiger partial charge in [-0.3, -0.25) is 25.0 Å². The van der Waals surface area contributed by atoms with Gasteiger partial charge in [0.25, 0.3) is 11.4 Å². The van der Waals surface area contributed by atoms with Gasteiger partial charge in [-0.25, -0.2) is 0 Å². The Labute approximate surface area is 223 Å². The van der Waals surface area contributed by atoms with Gasteiger partial charge in [-0.2, -0.15) is 0 Å². The van der Waals surface area contributed by atoms with E-state index in [1.54, 1.807) is 18.2 Å². The minimum Gasteiger partial charge on any atom is -0.309 e. The first-order valence-electron chi connectivity index (χ1n) is 12.0. The molecule has 0 aliphatic heterocycles. The highest BCUT2D eigenvalue weighted by atomic mass is 16.6. The fraction of sp³-hybridized carbons (Fsp3) is 0.